The van der Waals surface area contributed by atoms with E-state index in [1.165, 1.54) is 6.07 Å². The zero-order chi connectivity index (χ0) is 12.6. The molecule has 90 valence electrons. The molecule has 1 saturated carbocycles. The largest absolute Gasteiger partial charge is 0.384 e. The van der Waals surface area contributed by atoms with Crippen molar-refractivity contribution in [2.45, 2.75) is 19.4 Å². The number of amides is 1. The standard InChI is InChI=1S/C10H12N4O3/c1-5-2-7(5)13-10(15)6-3-9(11)12-4-8(6)14(16)17/h3-5,7H,2H2,1H3,(H2,11,12)(H,13,15). The lowest BCUT2D eigenvalue weighted by Crippen LogP contribution is -2.27. The number of anilines is 1. The van der Waals surface area contributed by atoms with Gasteiger partial charge in [-0.1, -0.05) is 6.92 Å². The molecule has 0 saturated heterocycles. The summed E-state index contributed by atoms with van der Waals surface area (Å²) in [7, 11) is 0. The molecule has 1 aliphatic carbocycles. The lowest BCUT2D eigenvalue weighted by Gasteiger charge is -2.05. The number of aromatic nitrogens is 1. The van der Waals surface area contributed by atoms with Crippen LogP contribution < -0.4 is 11.1 Å². The average molecular weight is 236 g/mol. The van der Waals surface area contributed by atoms with Crippen molar-refractivity contribution in [1.82, 2.24) is 10.3 Å². The van der Waals surface area contributed by atoms with E-state index < -0.39 is 10.8 Å². The number of nitrogens with one attached hydrogen (secondary N) is 1. The smallest absolute Gasteiger partial charge is 0.300 e. The van der Waals surface area contributed by atoms with Gasteiger partial charge in [0.1, 0.15) is 17.6 Å². The Kier molecular flexibility index (Phi) is 2.66. The molecular weight excluding hydrogens is 224 g/mol. The first-order valence-corrected chi connectivity index (χ1v) is 5.20. The van der Waals surface area contributed by atoms with E-state index in [9.17, 15) is 14.9 Å². The minimum absolute atomic E-state index is 0.0402. The first-order chi connectivity index (χ1) is 7.99. The predicted molar refractivity (Wildman–Crippen MR) is 60.3 cm³/mol. The van der Waals surface area contributed by atoms with Crippen LogP contribution in [0.4, 0.5) is 11.5 Å². The molecule has 0 aliphatic heterocycles. The maximum absolute atomic E-state index is 11.8. The first-order valence-electron chi connectivity index (χ1n) is 5.20. The molecule has 1 aliphatic rings. The highest BCUT2D eigenvalue weighted by atomic mass is 16.6. The third-order valence-corrected chi connectivity index (χ3v) is 2.77. The maximum Gasteiger partial charge on any atom is 0.300 e. The number of nitrogens with zero attached hydrogens (tertiary/aromatic N) is 2. The number of hydrogen-bond donors (Lipinski definition) is 2. The van der Waals surface area contributed by atoms with Crippen LogP contribution in [0.25, 0.3) is 0 Å². The van der Waals surface area contributed by atoms with Gasteiger partial charge in [0.05, 0.1) is 4.92 Å². The van der Waals surface area contributed by atoms with E-state index in [0.717, 1.165) is 12.6 Å². The van der Waals surface area contributed by atoms with Crippen LogP contribution >= 0.6 is 0 Å². The predicted octanol–water partition coefficient (Wildman–Crippen LogP) is 0.710. The Morgan fingerprint density at radius 2 is 2.35 bits per heavy atom. The molecule has 1 aromatic heterocycles. The summed E-state index contributed by atoms with van der Waals surface area (Å²) in [6, 6.07) is 1.33. The molecule has 2 atom stereocenters. The van der Waals surface area contributed by atoms with Gasteiger partial charge in [0, 0.05) is 6.04 Å². The van der Waals surface area contributed by atoms with Crippen LogP contribution in [0, 0.1) is 16.0 Å². The fourth-order valence-electron chi connectivity index (χ4n) is 1.56. The molecule has 17 heavy (non-hydrogen) atoms. The molecule has 1 heterocycles. The van der Waals surface area contributed by atoms with Crippen molar-refractivity contribution < 1.29 is 9.72 Å². The normalized spacial score (nSPS) is 21.9. The van der Waals surface area contributed by atoms with Crippen LogP contribution in [0.5, 0.6) is 0 Å². The molecule has 2 unspecified atom stereocenters. The van der Waals surface area contributed by atoms with Gasteiger partial charge in [-0.15, -0.1) is 0 Å². The minimum atomic E-state index is -0.641. The van der Waals surface area contributed by atoms with Crippen molar-refractivity contribution >= 4 is 17.4 Å². The van der Waals surface area contributed by atoms with E-state index in [0.29, 0.717) is 5.92 Å². The lowest BCUT2D eigenvalue weighted by atomic mass is 10.2. The van der Waals surface area contributed by atoms with Gasteiger partial charge in [-0.05, 0) is 18.4 Å². The summed E-state index contributed by atoms with van der Waals surface area (Å²) in [6.45, 7) is 2.00. The Bertz CT molecular complexity index is 488. The number of nitrogens with two attached hydrogens (primary N) is 1. The summed E-state index contributed by atoms with van der Waals surface area (Å²) < 4.78 is 0. The van der Waals surface area contributed by atoms with E-state index in [1.54, 1.807) is 0 Å². The zero-order valence-electron chi connectivity index (χ0n) is 9.21. The number of carbonyl (C=O) groups is 1. The van der Waals surface area contributed by atoms with Gasteiger partial charge >= 0.3 is 0 Å². The number of rotatable bonds is 3. The summed E-state index contributed by atoms with van der Waals surface area (Å²) in [6.07, 6.45) is 1.90. The van der Waals surface area contributed by atoms with E-state index >= 15 is 0 Å². The van der Waals surface area contributed by atoms with Crippen LogP contribution in [0.3, 0.4) is 0 Å². The number of pyridine rings is 1. The maximum atomic E-state index is 11.8. The van der Waals surface area contributed by atoms with Crippen LogP contribution in [0.1, 0.15) is 23.7 Å². The van der Waals surface area contributed by atoms with Crippen molar-refractivity contribution in [3.63, 3.8) is 0 Å². The fourth-order valence-corrected chi connectivity index (χ4v) is 1.56. The van der Waals surface area contributed by atoms with Crippen molar-refractivity contribution in [2.24, 2.45) is 5.92 Å². The molecule has 1 amide bonds. The zero-order valence-corrected chi connectivity index (χ0v) is 9.21. The first kappa shape index (κ1) is 11.3. The topological polar surface area (TPSA) is 111 Å². The van der Waals surface area contributed by atoms with Crippen molar-refractivity contribution in [1.29, 1.82) is 0 Å². The van der Waals surface area contributed by atoms with Crippen molar-refractivity contribution in [3.8, 4) is 0 Å². The number of nitrogen functional groups attached to an aromatic ring is 1. The summed E-state index contributed by atoms with van der Waals surface area (Å²) in [5, 5.41) is 13.5. The molecule has 1 fully saturated rings. The molecule has 0 aromatic carbocycles. The summed E-state index contributed by atoms with van der Waals surface area (Å²) in [4.78, 5) is 25.5. The Morgan fingerprint density at radius 3 is 2.88 bits per heavy atom. The molecule has 0 bridgehead atoms. The van der Waals surface area contributed by atoms with Gasteiger partial charge in [-0.2, -0.15) is 0 Å². The monoisotopic (exact) mass is 236 g/mol. The Hall–Kier alpha value is -2.18. The molecule has 7 heteroatoms. The van der Waals surface area contributed by atoms with Crippen LogP contribution in [0.15, 0.2) is 12.3 Å². The Balaban J connectivity index is 2.26. The molecular formula is C10H12N4O3. The minimum Gasteiger partial charge on any atom is -0.384 e. The highest BCUT2D eigenvalue weighted by Gasteiger charge is 2.35. The SMILES string of the molecule is CC1CC1NC(=O)c1cc(N)ncc1[N+](=O)[O-]. The molecule has 1 aromatic rings. The fraction of sp³-hybridized carbons (Fsp3) is 0.400. The van der Waals surface area contributed by atoms with E-state index in [1.807, 2.05) is 6.92 Å². The summed E-state index contributed by atoms with van der Waals surface area (Å²) >= 11 is 0. The van der Waals surface area contributed by atoms with E-state index in [2.05, 4.69) is 10.3 Å². The highest BCUT2D eigenvalue weighted by Crippen LogP contribution is 2.30. The molecule has 3 N–H and O–H groups in total. The average Bonchev–Trinajstić information content (AvgIpc) is 2.93. The van der Waals surface area contributed by atoms with Gasteiger partial charge in [0.2, 0.25) is 0 Å². The second kappa shape index (κ2) is 4.00. The van der Waals surface area contributed by atoms with Crippen molar-refractivity contribution in [2.75, 3.05) is 5.73 Å². The van der Waals surface area contributed by atoms with Gasteiger partial charge in [0.25, 0.3) is 11.6 Å². The number of hydrogen-bond acceptors (Lipinski definition) is 5. The third kappa shape index (κ3) is 2.32. The Morgan fingerprint density at radius 1 is 1.71 bits per heavy atom. The van der Waals surface area contributed by atoms with Crippen LogP contribution in [-0.2, 0) is 0 Å². The highest BCUT2D eigenvalue weighted by molar-refractivity contribution is 5.98. The van der Waals surface area contributed by atoms with Crippen LogP contribution in [-0.4, -0.2) is 21.9 Å². The third-order valence-electron chi connectivity index (χ3n) is 2.77. The second-order valence-corrected chi connectivity index (χ2v) is 4.18. The van der Waals surface area contributed by atoms with Gasteiger partial charge < -0.3 is 11.1 Å². The molecule has 0 spiro atoms. The summed E-state index contributed by atoms with van der Waals surface area (Å²) in [5.41, 5.74) is 5.06. The van der Waals surface area contributed by atoms with Crippen LogP contribution in [0.2, 0.25) is 0 Å². The van der Waals surface area contributed by atoms with E-state index in [-0.39, 0.29) is 23.1 Å². The Labute approximate surface area is 97.2 Å². The second-order valence-electron chi connectivity index (χ2n) is 4.18. The van der Waals surface area contributed by atoms with E-state index in [4.69, 9.17) is 5.73 Å². The van der Waals surface area contributed by atoms with Gasteiger partial charge in [0.15, 0.2) is 0 Å². The number of nitro groups is 1. The molecule has 0 radical (unpaired) electrons. The van der Waals surface area contributed by atoms with Gasteiger partial charge in [-0.3, -0.25) is 14.9 Å². The number of carbonyl (C=O) groups excluding carboxylic acids is 1. The summed E-state index contributed by atoms with van der Waals surface area (Å²) in [5.74, 6) is 0.0435. The molecule has 2 rings (SSSR count). The quantitative estimate of drug-likeness (QED) is 0.593. The molecule has 7 nitrogen and oxygen atoms in total. The van der Waals surface area contributed by atoms with Gasteiger partial charge in [-0.25, -0.2) is 4.98 Å². The van der Waals surface area contributed by atoms with Crippen molar-refractivity contribution in [3.05, 3.63) is 27.9 Å². The lowest BCUT2D eigenvalue weighted by molar-refractivity contribution is -0.385.